The predicted molar refractivity (Wildman–Crippen MR) is 93.3 cm³/mol. The summed E-state index contributed by atoms with van der Waals surface area (Å²) in [5.74, 6) is 6.47. The van der Waals surface area contributed by atoms with Gasteiger partial charge in [0.2, 0.25) is 0 Å². The second-order valence-electron chi connectivity index (χ2n) is 7.03. The standard InChI is InChI=1S/C20H30O2/c1-16(8-6-9-17(2)12-15-21)11-14-20(22)18(3)10-7-13-19(20,4)5/h6,8-9,12,18,21-22H,7,10,13,15H2,1-5H3/b9-6+,16-8+,17-12+. The van der Waals surface area contributed by atoms with E-state index in [2.05, 4.69) is 32.6 Å². The Bertz CT molecular complexity index is 526. The number of rotatable bonds is 3. The van der Waals surface area contributed by atoms with Crippen molar-refractivity contribution in [3.8, 4) is 11.8 Å². The van der Waals surface area contributed by atoms with Crippen LogP contribution in [0.5, 0.6) is 0 Å². The summed E-state index contributed by atoms with van der Waals surface area (Å²) in [4.78, 5) is 0. The summed E-state index contributed by atoms with van der Waals surface area (Å²) in [7, 11) is 0. The Morgan fingerprint density at radius 3 is 2.59 bits per heavy atom. The summed E-state index contributed by atoms with van der Waals surface area (Å²) in [6.07, 6.45) is 10.7. The second-order valence-corrected chi connectivity index (χ2v) is 7.03. The van der Waals surface area contributed by atoms with Gasteiger partial charge in [0.25, 0.3) is 0 Å². The Morgan fingerprint density at radius 2 is 2.00 bits per heavy atom. The Kier molecular flexibility index (Phi) is 6.66. The van der Waals surface area contributed by atoms with Crippen molar-refractivity contribution < 1.29 is 10.2 Å². The molecule has 2 nitrogen and oxygen atoms in total. The molecule has 0 aliphatic heterocycles. The largest absolute Gasteiger partial charge is 0.392 e. The smallest absolute Gasteiger partial charge is 0.133 e. The van der Waals surface area contributed by atoms with Crippen LogP contribution in [-0.4, -0.2) is 22.4 Å². The van der Waals surface area contributed by atoms with E-state index in [4.69, 9.17) is 5.11 Å². The first-order valence-corrected chi connectivity index (χ1v) is 8.11. The van der Waals surface area contributed by atoms with Crippen LogP contribution < -0.4 is 0 Å². The minimum absolute atomic E-state index is 0.0542. The van der Waals surface area contributed by atoms with Crippen LogP contribution in [0.4, 0.5) is 0 Å². The van der Waals surface area contributed by atoms with Crippen molar-refractivity contribution in [2.75, 3.05) is 6.61 Å². The highest BCUT2D eigenvalue weighted by atomic mass is 16.3. The second kappa shape index (κ2) is 7.81. The van der Waals surface area contributed by atoms with Gasteiger partial charge in [0.1, 0.15) is 5.60 Å². The third kappa shape index (κ3) is 4.60. The zero-order chi connectivity index (χ0) is 16.8. The lowest BCUT2D eigenvalue weighted by atomic mass is 9.61. The molecule has 1 aliphatic carbocycles. The molecule has 0 amide bonds. The SMILES string of the molecule is C\C(C#CC1(O)C(C)CCCC1(C)C)=C/C=C/C(C)=C/CO. The summed E-state index contributed by atoms with van der Waals surface area (Å²) in [5.41, 5.74) is 0.848. The lowest BCUT2D eigenvalue weighted by Crippen LogP contribution is -2.51. The zero-order valence-electron chi connectivity index (χ0n) is 14.6. The number of aliphatic hydroxyl groups is 2. The van der Waals surface area contributed by atoms with Crippen molar-refractivity contribution in [3.63, 3.8) is 0 Å². The van der Waals surface area contributed by atoms with Crippen LogP contribution in [0, 0.1) is 23.2 Å². The van der Waals surface area contributed by atoms with Crippen LogP contribution in [-0.2, 0) is 0 Å². The first kappa shape index (κ1) is 18.7. The van der Waals surface area contributed by atoms with E-state index < -0.39 is 5.60 Å². The molecular weight excluding hydrogens is 272 g/mol. The minimum atomic E-state index is -0.920. The van der Waals surface area contributed by atoms with E-state index in [0.29, 0.717) is 0 Å². The third-order valence-electron chi connectivity index (χ3n) is 4.75. The van der Waals surface area contributed by atoms with Gasteiger partial charge in [-0.15, -0.1) is 0 Å². The number of hydrogen-bond donors (Lipinski definition) is 2. The molecule has 2 heteroatoms. The highest BCUT2D eigenvalue weighted by Crippen LogP contribution is 2.46. The van der Waals surface area contributed by atoms with Crippen molar-refractivity contribution in [1.82, 2.24) is 0 Å². The zero-order valence-corrected chi connectivity index (χ0v) is 14.6. The van der Waals surface area contributed by atoms with Crippen LogP contribution in [0.3, 0.4) is 0 Å². The fourth-order valence-corrected chi connectivity index (χ4v) is 3.00. The molecule has 0 aromatic heterocycles. The lowest BCUT2D eigenvalue weighted by molar-refractivity contribution is -0.0860. The highest BCUT2D eigenvalue weighted by molar-refractivity contribution is 5.36. The van der Waals surface area contributed by atoms with Gasteiger partial charge in [0.05, 0.1) is 6.61 Å². The third-order valence-corrected chi connectivity index (χ3v) is 4.75. The number of aliphatic hydroxyl groups excluding tert-OH is 1. The van der Waals surface area contributed by atoms with Gasteiger partial charge in [0, 0.05) is 5.41 Å². The molecule has 0 bridgehead atoms. The van der Waals surface area contributed by atoms with Crippen LogP contribution in [0.1, 0.15) is 53.9 Å². The Labute approximate surface area is 135 Å². The maximum absolute atomic E-state index is 11.0. The Morgan fingerprint density at radius 1 is 1.32 bits per heavy atom. The average molecular weight is 302 g/mol. The van der Waals surface area contributed by atoms with Crippen molar-refractivity contribution in [3.05, 3.63) is 35.5 Å². The van der Waals surface area contributed by atoms with E-state index in [9.17, 15) is 5.11 Å². The maximum Gasteiger partial charge on any atom is 0.133 e. The van der Waals surface area contributed by atoms with Crippen molar-refractivity contribution in [2.45, 2.75) is 59.5 Å². The molecule has 2 unspecified atom stereocenters. The summed E-state index contributed by atoms with van der Waals surface area (Å²) >= 11 is 0. The van der Waals surface area contributed by atoms with Gasteiger partial charge in [-0.05, 0) is 38.2 Å². The van der Waals surface area contributed by atoms with Gasteiger partial charge in [-0.1, -0.05) is 68.9 Å². The van der Waals surface area contributed by atoms with Crippen LogP contribution in [0.15, 0.2) is 35.5 Å². The molecule has 1 fully saturated rings. The fourth-order valence-electron chi connectivity index (χ4n) is 3.00. The van der Waals surface area contributed by atoms with Gasteiger partial charge in [-0.25, -0.2) is 0 Å². The monoisotopic (exact) mass is 302 g/mol. The molecular formula is C20H30O2. The summed E-state index contributed by atoms with van der Waals surface area (Å²) < 4.78 is 0. The van der Waals surface area contributed by atoms with E-state index in [-0.39, 0.29) is 17.9 Å². The van der Waals surface area contributed by atoms with Crippen LogP contribution >= 0.6 is 0 Å². The summed E-state index contributed by atoms with van der Waals surface area (Å²) in [6.45, 7) is 10.3. The first-order chi connectivity index (χ1) is 10.2. The number of hydrogen-bond acceptors (Lipinski definition) is 2. The fraction of sp³-hybridized carbons (Fsp3) is 0.600. The van der Waals surface area contributed by atoms with Gasteiger partial charge in [0.15, 0.2) is 0 Å². The van der Waals surface area contributed by atoms with E-state index in [1.54, 1.807) is 6.08 Å². The molecule has 0 spiro atoms. The lowest BCUT2D eigenvalue weighted by Gasteiger charge is -2.47. The molecule has 22 heavy (non-hydrogen) atoms. The molecule has 0 radical (unpaired) electrons. The predicted octanol–water partition coefficient (Wildman–Crippen LogP) is 4.01. The molecule has 0 aromatic rings. The Balaban J connectivity index is 2.89. The molecule has 0 saturated heterocycles. The van der Waals surface area contributed by atoms with E-state index >= 15 is 0 Å². The van der Waals surface area contributed by atoms with Gasteiger partial charge < -0.3 is 10.2 Å². The molecule has 0 heterocycles. The van der Waals surface area contributed by atoms with Crippen molar-refractivity contribution >= 4 is 0 Å². The van der Waals surface area contributed by atoms with Crippen molar-refractivity contribution in [2.24, 2.45) is 11.3 Å². The first-order valence-electron chi connectivity index (χ1n) is 8.11. The molecule has 0 aromatic carbocycles. The highest BCUT2D eigenvalue weighted by Gasteiger charge is 2.48. The van der Waals surface area contributed by atoms with Crippen LogP contribution in [0.25, 0.3) is 0 Å². The van der Waals surface area contributed by atoms with E-state index in [1.807, 2.05) is 32.1 Å². The average Bonchev–Trinajstić information content (AvgIpc) is 2.43. The van der Waals surface area contributed by atoms with Gasteiger partial charge in [-0.2, -0.15) is 0 Å². The topological polar surface area (TPSA) is 40.5 Å². The quantitative estimate of drug-likeness (QED) is 0.611. The summed E-state index contributed by atoms with van der Waals surface area (Å²) in [6, 6.07) is 0. The molecule has 1 aliphatic rings. The van der Waals surface area contributed by atoms with Crippen LogP contribution in [0.2, 0.25) is 0 Å². The van der Waals surface area contributed by atoms with Gasteiger partial charge >= 0.3 is 0 Å². The molecule has 2 N–H and O–H groups in total. The van der Waals surface area contributed by atoms with E-state index in [1.165, 1.54) is 0 Å². The van der Waals surface area contributed by atoms with E-state index in [0.717, 1.165) is 30.4 Å². The minimum Gasteiger partial charge on any atom is -0.392 e. The Hall–Kier alpha value is -1.30. The molecule has 1 rings (SSSR count). The van der Waals surface area contributed by atoms with Crippen molar-refractivity contribution in [1.29, 1.82) is 0 Å². The summed E-state index contributed by atoms with van der Waals surface area (Å²) in [5, 5.41) is 19.8. The number of allylic oxidation sites excluding steroid dienone is 5. The maximum atomic E-state index is 11.0. The molecule has 122 valence electrons. The van der Waals surface area contributed by atoms with Gasteiger partial charge in [-0.3, -0.25) is 0 Å². The normalized spacial score (nSPS) is 29.3. The molecule has 2 atom stereocenters. The molecule has 1 saturated carbocycles.